The highest BCUT2D eigenvalue weighted by Gasteiger charge is 2.31. The van der Waals surface area contributed by atoms with E-state index in [9.17, 15) is 0 Å². The van der Waals surface area contributed by atoms with Crippen molar-refractivity contribution in [3.63, 3.8) is 0 Å². The summed E-state index contributed by atoms with van der Waals surface area (Å²) in [5, 5.41) is 4.21. The highest BCUT2D eigenvalue weighted by Crippen LogP contribution is 2.35. The third-order valence-electron chi connectivity index (χ3n) is 2.96. The van der Waals surface area contributed by atoms with Crippen LogP contribution in [0.3, 0.4) is 0 Å². The Morgan fingerprint density at radius 1 is 1.33 bits per heavy atom. The Morgan fingerprint density at radius 3 is 2.60 bits per heavy atom. The Hall–Kier alpha value is -0.830. The summed E-state index contributed by atoms with van der Waals surface area (Å²) in [4.78, 5) is 0. The molecule has 0 N–H and O–H groups in total. The lowest BCUT2D eigenvalue weighted by atomic mass is 9.82. The molecule has 1 aliphatic heterocycles. The second kappa shape index (κ2) is 3.63. The molecule has 1 saturated heterocycles. The Kier molecular flexibility index (Phi) is 2.59. The quantitative estimate of drug-likeness (QED) is 0.713. The minimum Gasteiger partial charge on any atom is -0.381 e. The predicted molar refractivity (Wildman–Crippen MR) is 58.1 cm³/mol. The molecule has 1 unspecified atom stereocenters. The number of aryl methyl sites for hydroxylation is 1. The van der Waals surface area contributed by atoms with Gasteiger partial charge in [0, 0.05) is 18.1 Å². The Labute approximate surface area is 90.8 Å². The molecule has 1 atom stereocenters. The number of hydrogen-bond acceptors (Lipinski definition) is 3. The van der Waals surface area contributed by atoms with Gasteiger partial charge in [-0.3, -0.25) is 0 Å². The van der Waals surface area contributed by atoms with E-state index in [1.807, 2.05) is 6.92 Å². The molecule has 0 aliphatic carbocycles. The lowest BCUT2D eigenvalue weighted by Crippen LogP contribution is -2.16. The first kappa shape index (κ1) is 10.7. The Morgan fingerprint density at radius 2 is 2.07 bits per heavy atom. The zero-order valence-corrected chi connectivity index (χ0v) is 9.96. The van der Waals surface area contributed by atoms with Crippen LogP contribution in [0.25, 0.3) is 0 Å². The monoisotopic (exact) mass is 209 g/mol. The normalized spacial score (nSPS) is 22.3. The maximum Gasteiger partial charge on any atom is 0.137 e. The smallest absolute Gasteiger partial charge is 0.137 e. The summed E-state index contributed by atoms with van der Waals surface area (Å²) in [6.07, 6.45) is 1.06. The molecule has 1 fully saturated rings. The number of rotatable bonds is 1. The maximum atomic E-state index is 5.41. The van der Waals surface area contributed by atoms with Gasteiger partial charge in [0.05, 0.1) is 12.3 Å². The van der Waals surface area contributed by atoms with Crippen molar-refractivity contribution in [2.75, 3.05) is 13.2 Å². The highest BCUT2D eigenvalue weighted by atomic mass is 16.5. The number of ether oxygens (including phenoxy) is 1. The average Bonchev–Trinajstić information content (AvgIpc) is 2.68. The van der Waals surface area contributed by atoms with E-state index < -0.39 is 0 Å². The van der Waals surface area contributed by atoms with Crippen molar-refractivity contribution in [2.45, 2.75) is 45.4 Å². The summed E-state index contributed by atoms with van der Waals surface area (Å²) in [6, 6.07) is 0. The molecular weight excluding hydrogens is 190 g/mol. The largest absolute Gasteiger partial charge is 0.381 e. The highest BCUT2D eigenvalue weighted by molar-refractivity contribution is 5.32. The van der Waals surface area contributed by atoms with Gasteiger partial charge in [-0.1, -0.05) is 25.9 Å². The zero-order chi connectivity index (χ0) is 11.1. The van der Waals surface area contributed by atoms with E-state index in [0.717, 1.165) is 31.1 Å². The molecular formula is C12H19NO2. The van der Waals surface area contributed by atoms with Gasteiger partial charge < -0.3 is 9.26 Å². The summed E-state index contributed by atoms with van der Waals surface area (Å²) in [6.45, 7) is 10.2. The summed E-state index contributed by atoms with van der Waals surface area (Å²) < 4.78 is 10.7. The molecule has 0 amide bonds. The van der Waals surface area contributed by atoms with Crippen LogP contribution in [0.15, 0.2) is 4.52 Å². The van der Waals surface area contributed by atoms with Crippen molar-refractivity contribution in [3.8, 4) is 0 Å². The molecule has 3 nitrogen and oxygen atoms in total. The minimum atomic E-state index is 0.0992. The molecule has 1 aromatic rings. The molecule has 0 saturated carbocycles. The van der Waals surface area contributed by atoms with Crippen LogP contribution in [-0.2, 0) is 10.2 Å². The predicted octanol–water partition coefficient (Wildman–Crippen LogP) is 2.78. The number of hydrogen-bond donors (Lipinski definition) is 0. The van der Waals surface area contributed by atoms with Crippen molar-refractivity contribution in [1.29, 1.82) is 0 Å². The summed E-state index contributed by atoms with van der Waals surface area (Å²) in [5.41, 5.74) is 2.47. The fourth-order valence-electron chi connectivity index (χ4n) is 2.33. The van der Waals surface area contributed by atoms with Crippen molar-refractivity contribution >= 4 is 0 Å². The first-order chi connectivity index (χ1) is 7.00. The first-order valence-electron chi connectivity index (χ1n) is 5.54. The van der Waals surface area contributed by atoms with Gasteiger partial charge in [0.25, 0.3) is 0 Å². The van der Waals surface area contributed by atoms with E-state index >= 15 is 0 Å². The second-order valence-corrected chi connectivity index (χ2v) is 5.31. The van der Waals surface area contributed by atoms with E-state index in [1.54, 1.807) is 0 Å². The van der Waals surface area contributed by atoms with Gasteiger partial charge >= 0.3 is 0 Å². The van der Waals surface area contributed by atoms with Crippen molar-refractivity contribution in [2.24, 2.45) is 0 Å². The molecule has 0 bridgehead atoms. The van der Waals surface area contributed by atoms with Gasteiger partial charge in [-0.25, -0.2) is 0 Å². The maximum absolute atomic E-state index is 5.41. The fourth-order valence-corrected chi connectivity index (χ4v) is 2.33. The molecule has 0 aromatic carbocycles. The topological polar surface area (TPSA) is 35.3 Å². The van der Waals surface area contributed by atoms with Crippen LogP contribution >= 0.6 is 0 Å². The molecule has 0 radical (unpaired) electrons. The van der Waals surface area contributed by atoms with Gasteiger partial charge in [0.2, 0.25) is 0 Å². The molecule has 1 aromatic heterocycles. The van der Waals surface area contributed by atoms with E-state index in [1.165, 1.54) is 5.56 Å². The first-order valence-corrected chi connectivity index (χ1v) is 5.54. The summed E-state index contributed by atoms with van der Waals surface area (Å²) in [7, 11) is 0. The van der Waals surface area contributed by atoms with Crippen LogP contribution < -0.4 is 0 Å². The van der Waals surface area contributed by atoms with Crippen LogP contribution in [0.5, 0.6) is 0 Å². The van der Waals surface area contributed by atoms with E-state index in [4.69, 9.17) is 9.26 Å². The summed E-state index contributed by atoms with van der Waals surface area (Å²) >= 11 is 0. The second-order valence-electron chi connectivity index (χ2n) is 5.31. The van der Waals surface area contributed by atoms with Crippen molar-refractivity contribution in [3.05, 3.63) is 17.0 Å². The molecule has 0 spiro atoms. The van der Waals surface area contributed by atoms with Gasteiger partial charge in [0.15, 0.2) is 0 Å². The third-order valence-corrected chi connectivity index (χ3v) is 2.96. The molecule has 1 aliphatic rings. The number of nitrogens with zero attached hydrogens (tertiary/aromatic N) is 1. The number of aromatic nitrogens is 1. The molecule has 15 heavy (non-hydrogen) atoms. The zero-order valence-electron chi connectivity index (χ0n) is 9.96. The molecule has 2 heterocycles. The Balaban J connectivity index is 2.39. The van der Waals surface area contributed by atoms with Crippen molar-refractivity contribution in [1.82, 2.24) is 5.16 Å². The van der Waals surface area contributed by atoms with E-state index in [2.05, 4.69) is 25.9 Å². The van der Waals surface area contributed by atoms with Gasteiger partial charge in [-0.2, -0.15) is 0 Å². The van der Waals surface area contributed by atoms with Gasteiger partial charge in [-0.05, 0) is 18.8 Å². The van der Waals surface area contributed by atoms with Crippen molar-refractivity contribution < 1.29 is 9.26 Å². The SMILES string of the molecule is Cc1onc(C2CCOC2)c1C(C)(C)C. The van der Waals surface area contributed by atoms with Gasteiger partial charge in [-0.15, -0.1) is 0 Å². The van der Waals surface area contributed by atoms with Crippen LogP contribution in [0.4, 0.5) is 0 Å². The molecule has 84 valence electrons. The van der Waals surface area contributed by atoms with E-state index in [-0.39, 0.29) is 5.41 Å². The lowest BCUT2D eigenvalue weighted by molar-refractivity contribution is 0.193. The van der Waals surface area contributed by atoms with Crippen LogP contribution in [-0.4, -0.2) is 18.4 Å². The lowest BCUT2D eigenvalue weighted by Gasteiger charge is -2.20. The minimum absolute atomic E-state index is 0.0992. The third kappa shape index (κ3) is 1.93. The van der Waals surface area contributed by atoms with Crippen LogP contribution in [0.2, 0.25) is 0 Å². The van der Waals surface area contributed by atoms with Gasteiger partial charge in [0.1, 0.15) is 5.76 Å². The van der Waals surface area contributed by atoms with Crippen LogP contribution in [0.1, 0.15) is 50.1 Å². The molecule has 2 rings (SSSR count). The average molecular weight is 209 g/mol. The fraction of sp³-hybridized carbons (Fsp3) is 0.750. The van der Waals surface area contributed by atoms with Crippen LogP contribution in [0, 0.1) is 6.92 Å². The summed E-state index contributed by atoms with van der Waals surface area (Å²) in [5.74, 6) is 1.38. The standard InChI is InChI=1S/C12H19NO2/c1-8-10(12(2,3)4)11(13-15-8)9-5-6-14-7-9/h9H,5-7H2,1-4H3. The molecule has 3 heteroatoms. The Bertz CT molecular complexity index is 343. The van der Waals surface area contributed by atoms with E-state index in [0.29, 0.717) is 5.92 Å².